The van der Waals surface area contributed by atoms with Gasteiger partial charge in [-0.2, -0.15) is 0 Å². The van der Waals surface area contributed by atoms with Crippen LogP contribution in [0.1, 0.15) is 43.2 Å². The van der Waals surface area contributed by atoms with E-state index in [0.29, 0.717) is 30.2 Å². The smallest absolute Gasteiger partial charge is 0.223 e. The third kappa shape index (κ3) is 3.31. The van der Waals surface area contributed by atoms with Gasteiger partial charge >= 0.3 is 0 Å². The average Bonchev–Trinajstić information content (AvgIpc) is 3.02. The van der Waals surface area contributed by atoms with Crippen LogP contribution in [0.15, 0.2) is 24.3 Å². The summed E-state index contributed by atoms with van der Waals surface area (Å²) in [6.45, 7) is 6.08. The summed E-state index contributed by atoms with van der Waals surface area (Å²) in [6.07, 6.45) is 2.94. The molecule has 1 aromatic carbocycles. The Morgan fingerprint density at radius 2 is 2.05 bits per heavy atom. The number of nitrogens with two attached hydrogens (primary N) is 1. The lowest BCUT2D eigenvalue weighted by Crippen LogP contribution is -2.34. The van der Waals surface area contributed by atoms with Crippen molar-refractivity contribution in [2.45, 2.75) is 45.1 Å². The van der Waals surface area contributed by atoms with Crippen LogP contribution < -0.4 is 5.73 Å². The number of aryl methyl sites for hydroxylation is 1. The van der Waals surface area contributed by atoms with Crippen molar-refractivity contribution in [3.63, 3.8) is 0 Å². The van der Waals surface area contributed by atoms with E-state index >= 15 is 0 Å². The lowest BCUT2D eigenvalue weighted by Gasteiger charge is -2.21. The quantitative estimate of drug-likeness (QED) is 0.929. The Hall–Kier alpha value is -1.06. The number of likely N-dealkylation sites (tertiary alicyclic amines) is 1. The van der Waals surface area contributed by atoms with Gasteiger partial charge in [-0.3, -0.25) is 4.79 Å². The number of hydrogen-bond acceptors (Lipinski definition) is 2. The van der Waals surface area contributed by atoms with E-state index in [0.717, 1.165) is 19.5 Å². The van der Waals surface area contributed by atoms with Crippen molar-refractivity contribution in [2.75, 3.05) is 13.1 Å². The fourth-order valence-corrected chi connectivity index (χ4v) is 4.15. The number of carbonyl (C=O) groups is 1. The molecule has 0 spiro atoms. The summed E-state index contributed by atoms with van der Waals surface area (Å²) in [7, 11) is 0. The van der Waals surface area contributed by atoms with E-state index in [-0.39, 0.29) is 18.3 Å². The van der Waals surface area contributed by atoms with Gasteiger partial charge in [-0.05, 0) is 48.6 Å². The molecule has 22 heavy (non-hydrogen) atoms. The highest BCUT2D eigenvalue weighted by atomic mass is 35.5. The molecule has 1 heterocycles. The Morgan fingerprint density at radius 1 is 1.32 bits per heavy atom. The van der Waals surface area contributed by atoms with Gasteiger partial charge in [0.25, 0.3) is 0 Å². The molecule has 4 atom stereocenters. The standard InChI is InChI=1S/C18H26N2O.ClH/c1-12-5-3-4-6-15(12)13(2)9-18(21)20-10-14-7-8-17(19)16(14)11-20;/h3-6,13-14,16-17H,7-11,19H2,1-2H3;1H. The minimum atomic E-state index is 0. The van der Waals surface area contributed by atoms with Crippen LogP contribution in [0.4, 0.5) is 0 Å². The van der Waals surface area contributed by atoms with E-state index < -0.39 is 0 Å². The molecule has 1 saturated heterocycles. The Kier molecular flexibility index (Phi) is 5.51. The number of fused-ring (bicyclic) bond motifs is 1. The lowest BCUT2D eigenvalue weighted by atomic mass is 9.93. The summed E-state index contributed by atoms with van der Waals surface area (Å²) in [5.74, 6) is 1.78. The molecule has 1 aliphatic carbocycles. The summed E-state index contributed by atoms with van der Waals surface area (Å²) in [5, 5.41) is 0. The average molecular weight is 323 g/mol. The van der Waals surface area contributed by atoms with Gasteiger partial charge in [-0.15, -0.1) is 12.4 Å². The van der Waals surface area contributed by atoms with Gasteiger partial charge in [0.05, 0.1) is 0 Å². The van der Waals surface area contributed by atoms with Crippen molar-refractivity contribution in [3.05, 3.63) is 35.4 Å². The van der Waals surface area contributed by atoms with Crippen molar-refractivity contribution < 1.29 is 4.79 Å². The van der Waals surface area contributed by atoms with Crippen LogP contribution in [0.25, 0.3) is 0 Å². The molecule has 2 N–H and O–H groups in total. The number of carbonyl (C=O) groups excluding carboxylic acids is 1. The Labute approximate surface area is 139 Å². The largest absolute Gasteiger partial charge is 0.342 e. The number of nitrogens with zero attached hydrogens (tertiary/aromatic N) is 1. The zero-order valence-electron chi connectivity index (χ0n) is 13.5. The molecule has 2 aliphatic rings. The van der Waals surface area contributed by atoms with Crippen molar-refractivity contribution in [1.82, 2.24) is 4.90 Å². The minimum absolute atomic E-state index is 0. The van der Waals surface area contributed by atoms with E-state index in [1.807, 2.05) is 0 Å². The van der Waals surface area contributed by atoms with Gasteiger partial charge in [0.1, 0.15) is 0 Å². The van der Waals surface area contributed by atoms with E-state index in [9.17, 15) is 4.79 Å². The van der Waals surface area contributed by atoms with E-state index in [2.05, 4.69) is 43.0 Å². The molecule has 0 radical (unpaired) electrons. The highest BCUT2D eigenvalue weighted by Crippen LogP contribution is 2.37. The fraction of sp³-hybridized carbons (Fsp3) is 0.611. The molecule has 3 nitrogen and oxygen atoms in total. The van der Waals surface area contributed by atoms with Crippen molar-refractivity contribution in [2.24, 2.45) is 17.6 Å². The van der Waals surface area contributed by atoms with Crippen LogP contribution in [0.5, 0.6) is 0 Å². The Balaban J connectivity index is 0.00000176. The number of halogens is 1. The summed E-state index contributed by atoms with van der Waals surface area (Å²) in [6, 6.07) is 8.68. The second-order valence-electron chi connectivity index (χ2n) is 6.93. The molecule has 1 saturated carbocycles. The predicted octanol–water partition coefficient (Wildman–Crippen LogP) is 3.11. The number of amides is 1. The highest BCUT2D eigenvalue weighted by Gasteiger charge is 2.42. The Morgan fingerprint density at radius 3 is 2.73 bits per heavy atom. The second-order valence-corrected chi connectivity index (χ2v) is 6.93. The maximum absolute atomic E-state index is 12.6. The van der Waals surface area contributed by atoms with Crippen LogP contribution in [0.2, 0.25) is 0 Å². The molecule has 0 aromatic heterocycles. The predicted molar refractivity (Wildman–Crippen MR) is 92.2 cm³/mol. The molecular weight excluding hydrogens is 296 g/mol. The van der Waals surface area contributed by atoms with E-state index in [1.54, 1.807) is 0 Å². The van der Waals surface area contributed by atoms with Gasteiger partial charge in [-0.25, -0.2) is 0 Å². The third-order valence-corrected chi connectivity index (χ3v) is 5.47. The molecule has 1 aromatic rings. The van der Waals surface area contributed by atoms with Crippen molar-refractivity contribution in [1.29, 1.82) is 0 Å². The molecule has 2 fully saturated rings. The third-order valence-electron chi connectivity index (χ3n) is 5.47. The van der Waals surface area contributed by atoms with Crippen LogP contribution in [0, 0.1) is 18.8 Å². The molecule has 1 amide bonds. The first kappa shape index (κ1) is 17.3. The zero-order valence-corrected chi connectivity index (χ0v) is 14.3. The number of rotatable bonds is 3. The molecular formula is C18H27ClN2O. The van der Waals surface area contributed by atoms with Gasteiger partial charge < -0.3 is 10.6 Å². The van der Waals surface area contributed by atoms with E-state index in [1.165, 1.54) is 17.5 Å². The van der Waals surface area contributed by atoms with Crippen LogP contribution >= 0.6 is 12.4 Å². The first-order valence-electron chi connectivity index (χ1n) is 8.15. The SMILES string of the molecule is Cc1ccccc1C(C)CC(=O)N1CC2CCC(N)C2C1.Cl. The maximum Gasteiger partial charge on any atom is 0.223 e. The van der Waals surface area contributed by atoms with Gasteiger partial charge in [0.15, 0.2) is 0 Å². The van der Waals surface area contributed by atoms with E-state index in [4.69, 9.17) is 5.73 Å². The molecule has 3 rings (SSSR count). The summed E-state index contributed by atoms with van der Waals surface area (Å²) < 4.78 is 0. The summed E-state index contributed by atoms with van der Waals surface area (Å²) in [4.78, 5) is 14.6. The van der Waals surface area contributed by atoms with Crippen LogP contribution in [-0.2, 0) is 4.79 Å². The second kappa shape index (κ2) is 7.01. The van der Waals surface area contributed by atoms with Crippen LogP contribution in [-0.4, -0.2) is 29.9 Å². The lowest BCUT2D eigenvalue weighted by molar-refractivity contribution is -0.130. The number of hydrogen-bond donors (Lipinski definition) is 1. The topological polar surface area (TPSA) is 46.3 Å². The Bertz CT molecular complexity index is 534. The minimum Gasteiger partial charge on any atom is -0.342 e. The van der Waals surface area contributed by atoms with Gasteiger partial charge in [-0.1, -0.05) is 31.2 Å². The van der Waals surface area contributed by atoms with Crippen molar-refractivity contribution in [3.8, 4) is 0 Å². The summed E-state index contributed by atoms with van der Waals surface area (Å²) >= 11 is 0. The maximum atomic E-state index is 12.6. The molecule has 0 bridgehead atoms. The molecule has 122 valence electrons. The molecule has 1 aliphatic heterocycles. The highest BCUT2D eigenvalue weighted by molar-refractivity contribution is 5.85. The monoisotopic (exact) mass is 322 g/mol. The van der Waals surface area contributed by atoms with Crippen LogP contribution in [0.3, 0.4) is 0 Å². The molecule has 4 heteroatoms. The fourth-order valence-electron chi connectivity index (χ4n) is 4.15. The van der Waals surface area contributed by atoms with Gasteiger partial charge in [0.2, 0.25) is 5.91 Å². The molecule has 4 unspecified atom stereocenters. The number of benzene rings is 1. The van der Waals surface area contributed by atoms with Crippen molar-refractivity contribution >= 4 is 18.3 Å². The normalized spacial score (nSPS) is 28.1. The van der Waals surface area contributed by atoms with Gasteiger partial charge in [0, 0.05) is 25.6 Å². The zero-order chi connectivity index (χ0) is 15.0. The first-order chi connectivity index (χ1) is 10.1. The summed E-state index contributed by atoms with van der Waals surface area (Å²) in [5.41, 5.74) is 8.73. The first-order valence-corrected chi connectivity index (χ1v) is 8.15.